The van der Waals surface area contributed by atoms with Gasteiger partial charge in [0.2, 0.25) is 0 Å². The minimum atomic E-state index is -4.45. The molecule has 0 fully saturated rings. The van der Waals surface area contributed by atoms with Crippen molar-refractivity contribution in [2.45, 2.75) is 26.2 Å². The second-order valence-corrected chi connectivity index (χ2v) is 7.68. The summed E-state index contributed by atoms with van der Waals surface area (Å²) in [5.41, 5.74) is 0.480. The fourth-order valence-corrected chi connectivity index (χ4v) is 3.69. The van der Waals surface area contributed by atoms with Crippen molar-refractivity contribution in [1.82, 2.24) is 4.90 Å². The van der Waals surface area contributed by atoms with Crippen molar-refractivity contribution in [2.24, 2.45) is 0 Å². The zero-order valence-corrected chi connectivity index (χ0v) is 18.2. The van der Waals surface area contributed by atoms with Crippen molar-refractivity contribution in [3.8, 4) is 0 Å². The molecule has 0 unspecified atom stereocenters. The predicted molar refractivity (Wildman–Crippen MR) is 114 cm³/mol. The molecule has 0 saturated heterocycles. The molecule has 4 nitrogen and oxygen atoms in total. The molecule has 162 valence electrons. The summed E-state index contributed by atoms with van der Waals surface area (Å²) >= 11 is 3.50. The van der Waals surface area contributed by atoms with Crippen molar-refractivity contribution in [2.75, 3.05) is 6.61 Å². The first kappa shape index (κ1) is 22.8. The molecule has 8 heteroatoms. The molecule has 0 bridgehead atoms. The third-order valence-corrected chi connectivity index (χ3v) is 5.41. The van der Waals surface area contributed by atoms with Gasteiger partial charge in [0, 0.05) is 17.6 Å². The highest BCUT2D eigenvalue weighted by Gasteiger charge is 2.30. The summed E-state index contributed by atoms with van der Waals surface area (Å²) in [4.78, 5) is 26.1. The number of halogens is 4. The molecule has 0 aliphatic rings. The van der Waals surface area contributed by atoms with Crippen LogP contribution in [0.1, 0.15) is 23.6 Å². The van der Waals surface area contributed by atoms with Crippen LogP contribution in [0.3, 0.4) is 0 Å². The SMILES string of the molecule is CCOC(=O)C(=O)N(Cc1ccc(C(F)(F)F)cc1)Cc1ccc(Br)c2ccccc12. The van der Waals surface area contributed by atoms with E-state index in [4.69, 9.17) is 4.74 Å². The van der Waals surface area contributed by atoms with E-state index in [2.05, 4.69) is 15.9 Å². The van der Waals surface area contributed by atoms with E-state index < -0.39 is 23.6 Å². The molecule has 0 atom stereocenters. The Labute approximate surface area is 185 Å². The van der Waals surface area contributed by atoms with Crippen LogP contribution >= 0.6 is 15.9 Å². The molecule has 3 aromatic carbocycles. The average molecular weight is 494 g/mol. The van der Waals surface area contributed by atoms with Crippen molar-refractivity contribution >= 4 is 38.6 Å². The van der Waals surface area contributed by atoms with Gasteiger partial charge in [-0.05, 0) is 47.0 Å². The molecule has 0 aliphatic carbocycles. The zero-order valence-electron chi connectivity index (χ0n) is 16.6. The normalized spacial score (nSPS) is 11.4. The molecule has 1 amide bonds. The van der Waals surface area contributed by atoms with Crippen LogP contribution in [0.2, 0.25) is 0 Å². The number of ether oxygens (including phenoxy) is 1. The van der Waals surface area contributed by atoms with E-state index in [0.29, 0.717) is 5.56 Å². The van der Waals surface area contributed by atoms with Gasteiger partial charge in [0.1, 0.15) is 0 Å². The van der Waals surface area contributed by atoms with Crippen LogP contribution in [0, 0.1) is 0 Å². The van der Waals surface area contributed by atoms with E-state index in [1.54, 1.807) is 6.92 Å². The highest BCUT2D eigenvalue weighted by Crippen LogP contribution is 2.30. The molecule has 0 N–H and O–H groups in total. The van der Waals surface area contributed by atoms with Gasteiger partial charge in [0.15, 0.2) is 0 Å². The summed E-state index contributed by atoms with van der Waals surface area (Å²) in [5, 5.41) is 1.84. The summed E-state index contributed by atoms with van der Waals surface area (Å²) in [6.07, 6.45) is -4.45. The van der Waals surface area contributed by atoms with E-state index in [1.807, 2.05) is 36.4 Å². The van der Waals surface area contributed by atoms with Gasteiger partial charge < -0.3 is 9.64 Å². The lowest BCUT2D eigenvalue weighted by Gasteiger charge is -2.23. The van der Waals surface area contributed by atoms with Gasteiger partial charge in [-0.3, -0.25) is 4.79 Å². The first-order valence-electron chi connectivity index (χ1n) is 9.49. The van der Waals surface area contributed by atoms with E-state index in [1.165, 1.54) is 17.0 Å². The number of alkyl halides is 3. The number of hydrogen-bond donors (Lipinski definition) is 0. The molecule has 0 aromatic heterocycles. The van der Waals surface area contributed by atoms with Gasteiger partial charge >= 0.3 is 18.1 Å². The number of amides is 1. The van der Waals surface area contributed by atoms with Crippen LogP contribution in [0.4, 0.5) is 13.2 Å². The molecule has 0 spiro atoms. The van der Waals surface area contributed by atoms with E-state index >= 15 is 0 Å². The smallest absolute Gasteiger partial charge is 0.416 e. The number of carbonyl (C=O) groups is 2. The number of rotatable bonds is 5. The highest BCUT2D eigenvalue weighted by molar-refractivity contribution is 9.10. The summed E-state index contributed by atoms with van der Waals surface area (Å²) in [6, 6.07) is 15.8. The largest absolute Gasteiger partial charge is 0.459 e. The monoisotopic (exact) mass is 493 g/mol. The fraction of sp³-hybridized carbons (Fsp3) is 0.217. The summed E-state index contributed by atoms with van der Waals surface area (Å²) in [6.45, 7) is 1.68. The Hall–Kier alpha value is -2.87. The van der Waals surface area contributed by atoms with Crippen LogP contribution in [0.25, 0.3) is 10.8 Å². The van der Waals surface area contributed by atoms with E-state index in [0.717, 1.165) is 32.9 Å². The molecule has 3 rings (SSSR count). The third-order valence-electron chi connectivity index (χ3n) is 4.71. The maximum Gasteiger partial charge on any atom is 0.416 e. The van der Waals surface area contributed by atoms with Crippen LogP contribution < -0.4 is 0 Å². The molecule has 31 heavy (non-hydrogen) atoms. The fourth-order valence-electron chi connectivity index (χ4n) is 3.21. The molecular weight excluding hydrogens is 475 g/mol. The topological polar surface area (TPSA) is 46.6 Å². The number of benzene rings is 3. The Kier molecular flexibility index (Phi) is 7.00. The van der Waals surface area contributed by atoms with Crippen molar-refractivity contribution in [3.63, 3.8) is 0 Å². The van der Waals surface area contributed by atoms with Crippen molar-refractivity contribution < 1.29 is 27.5 Å². The minimum Gasteiger partial charge on any atom is -0.459 e. The Bertz CT molecular complexity index is 1100. The molecule has 0 heterocycles. The predicted octanol–water partition coefficient (Wildman–Crippen LogP) is 5.71. The Balaban J connectivity index is 1.93. The van der Waals surface area contributed by atoms with Gasteiger partial charge in [-0.25, -0.2) is 4.79 Å². The molecule has 3 aromatic rings. The average Bonchev–Trinajstić information content (AvgIpc) is 2.74. The number of fused-ring (bicyclic) bond motifs is 1. The van der Waals surface area contributed by atoms with Gasteiger partial charge in [-0.15, -0.1) is 0 Å². The lowest BCUT2D eigenvalue weighted by Crippen LogP contribution is -2.36. The van der Waals surface area contributed by atoms with Crippen LogP contribution in [0.15, 0.2) is 65.1 Å². The lowest BCUT2D eigenvalue weighted by atomic mass is 10.0. The maximum absolute atomic E-state index is 12.8. The Morgan fingerprint density at radius 1 is 0.935 bits per heavy atom. The van der Waals surface area contributed by atoms with Crippen molar-refractivity contribution in [1.29, 1.82) is 0 Å². The van der Waals surface area contributed by atoms with E-state index in [-0.39, 0.29) is 19.7 Å². The van der Waals surface area contributed by atoms with E-state index in [9.17, 15) is 22.8 Å². The number of esters is 1. The van der Waals surface area contributed by atoms with Crippen LogP contribution in [-0.4, -0.2) is 23.4 Å². The molecule has 0 radical (unpaired) electrons. The van der Waals surface area contributed by atoms with Gasteiger partial charge in [-0.1, -0.05) is 58.4 Å². The van der Waals surface area contributed by atoms with Crippen LogP contribution in [-0.2, 0) is 33.6 Å². The highest BCUT2D eigenvalue weighted by atomic mass is 79.9. The zero-order chi connectivity index (χ0) is 22.6. The minimum absolute atomic E-state index is 0.0415. The third kappa shape index (κ3) is 5.44. The summed E-state index contributed by atoms with van der Waals surface area (Å²) < 4.78 is 44.3. The number of carbonyl (C=O) groups excluding carboxylic acids is 2. The number of hydrogen-bond acceptors (Lipinski definition) is 3. The first-order valence-corrected chi connectivity index (χ1v) is 10.3. The van der Waals surface area contributed by atoms with Crippen LogP contribution in [0.5, 0.6) is 0 Å². The lowest BCUT2D eigenvalue weighted by molar-refractivity contribution is -0.160. The molecular formula is C23H19BrF3NO3. The Morgan fingerprint density at radius 2 is 1.58 bits per heavy atom. The standard InChI is InChI=1S/C23H19BrF3NO3/c1-2-31-22(30)21(29)28(13-15-7-10-17(11-8-15)23(25,26)27)14-16-9-12-20(24)19-6-4-3-5-18(16)19/h3-12H,2,13-14H2,1H3. The summed E-state index contributed by atoms with van der Waals surface area (Å²) in [7, 11) is 0. The molecule has 0 aliphatic heterocycles. The second-order valence-electron chi connectivity index (χ2n) is 6.83. The number of nitrogens with zero attached hydrogens (tertiary/aromatic N) is 1. The van der Waals surface area contributed by atoms with Gasteiger partial charge in [0.05, 0.1) is 12.2 Å². The molecule has 0 saturated carbocycles. The quantitative estimate of drug-likeness (QED) is 0.337. The van der Waals surface area contributed by atoms with Crippen molar-refractivity contribution in [3.05, 3.63) is 81.8 Å². The Morgan fingerprint density at radius 3 is 2.19 bits per heavy atom. The first-order chi connectivity index (χ1) is 14.7. The van der Waals surface area contributed by atoms with Gasteiger partial charge in [-0.2, -0.15) is 13.2 Å². The summed E-state index contributed by atoms with van der Waals surface area (Å²) in [5.74, 6) is -1.86. The maximum atomic E-state index is 12.8. The van der Waals surface area contributed by atoms with Gasteiger partial charge in [0.25, 0.3) is 0 Å². The second kappa shape index (κ2) is 9.51.